The van der Waals surface area contributed by atoms with E-state index in [-0.39, 0.29) is 5.91 Å². The van der Waals surface area contributed by atoms with Gasteiger partial charge in [-0.1, -0.05) is 35.9 Å². The Morgan fingerprint density at radius 3 is 2.62 bits per heavy atom. The zero-order valence-corrected chi connectivity index (χ0v) is 13.4. The molecule has 0 saturated carbocycles. The number of hydrogen-bond donors (Lipinski definition) is 1. The molecule has 1 amide bonds. The number of hydrogen-bond acceptors (Lipinski definition) is 2. The number of thiophene rings is 1. The van der Waals surface area contributed by atoms with Crippen LogP contribution in [0.4, 0.5) is 0 Å². The maximum atomic E-state index is 11.7. The zero-order chi connectivity index (χ0) is 14.9. The van der Waals surface area contributed by atoms with Crippen LogP contribution in [0.3, 0.4) is 0 Å². The zero-order valence-electron chi connectivity index (χ0n) is 12.6. The van der Waals surface area contributed by atoms with Gasteiger partial charge < -0.3 is 5.32 Å². The van der Waals surface area contributed by atoms with Crippen molar-refractivity contribution >= 4 is 17.2 Å². The van der Waals surface area contributed by atoms with Gasteiger partial charge in [-0.05, 0) is 49.6 Å². The van der Waals surface area contributed by atoms with Crippen molar-refractivity contribution < 1.29 is 4.79 Å². The molecule has 2 nitrogen and oxygen atoms in total. The van der Waals surface area contributed by atoms with Crippen LogP contribution in [0.2, 0.25) is 0 Å². The van der Waals surface area contributed by atoms with E-state index in [1.54, 1.807) is 11.3 Å². The van der Waals surface area contributed by atoms with Gasteiger partial charge in [0.05, 0.1) is 0 Å². The van der Waals surface area contributed by atoms with Gasteiger partial charge in [0.25, 0.3) is 0 Å². The van der Waals surface area contributed by atoms with Gasteiger partial charge in [-0.2, -0.15) is 0 Å². The maximum Gasteiger partial charge on any atom is 0.220 e. The lowest BCUT2D eigenvalue weighted by Crippen LogP contribution is -2.24. The number of carbonyl (C=O) groups excluding carboxylic acids is 1. The molecule has 0 aliphatic rings. The van der Waals surface area contributed by atoms with Gasteiger partial charge in [0.15, 0.2) is 0 Å². The minimum atomic E-state index is 0.165. The Labute approximate surface area is 131 Å². The van der Waals surface area contributed by atoms with Gasteiger partial charge in [0.1, 0.15) is 0 Å². The standard InChI is InChI=1S/C18H23NOS/c1-15-7-9-16(10-8-15)5-2-3-13-19-18(20)12-11-17-6-4-14-21-17/h4,6-10,14H,2-3,5,11-13H2,1H3,(H,19,20). The summed E-state index contributed by atoms with van der Waals surface area (Å²) in [5.41, 5.74) is 2.68. The second-order valence-electron chi connectivity index (χ2n) is 5.37. The third-order valence-corrected chi connectivity index (χ3v) is 4.45. The first-order valence-electron chi connectivity index (χ1n) is 7.58. The summed E-state index contributed by atoms with van der Waals surface area (Å²) in [6.45, 7) is 2.89. The first kappa shape index (κ1) is 15.8. The lowest BCUT2D eigenvalue weighted by molar-refractivity contribution is -0.121. The van der Waals surface area contributed by atoms with Crippen LogP contribution in [-0.2, 0) is 17.6 Å². The SMILES string of the molecule is Cc1ccc(CCCCNC(=O)CCc2cccs2)cc1. The summed E-state index contributed by atoms with van der Waals surface area (Å²) >= 11 is 1.72. The van der Waals surface area contributed by atoms with Crippen LogP contribution in [0.5, 0.6) is 0 Å². The summed E-state index contributed by atoms with van der Waals surface area (Å²) in [6.07, 6.45) is 4.70. The number of nitrogens with one attached hydrogen (secondary N) is 1. The topological polar surface area (TPSA) is 29.1 Å². The van der Waals surface area contributed by atoms with E-state index in [1.807, 2.05) is 6.07 Å². The second-order valence-corrected chi connectivity index (χ2v) is 6.40. The van der Waals surface area contributed by atoms with Gasteiger partial charge in [0.2, 0.25) is 5.91 Å². The Balaban J connectivity index is 1.53. The smallest absolute Gasteiger partial charge is 0.220 e. The van der Waals surface area contributed by atoms with Crippen LogP contribution in [-0.4, -0.2) is 12.5 Å². The molecule has 3 heteroatoms. The van der Waals surface area contributed by atoms with E-state index >= 15 is 0 Å². The number of unbranched alkanes of at least 4 members (excludes halogenated alkanes) is 1. The van der Waals surface area contributed by atoms with Crippen molar-refractivity contribution in [3.8, 4) is 0 Å². The number of aryl methyl sites for hydroxylation is 3. The van der Waals surface area contributed by atoms with Crippen molar-refractivity contribution in [2.24, 2.45) is 0 Å². The van der Waals surface area contributed by atoms with Gasteiger partial charge in [-0.3, -0.25) is 4.79 Å². The Morgan fingerprint density at radius 1 is 1.10 bits per heavy atom. The third kappa shape index (κ3) is 6.13. The molecule has 1 heterocycles. The fourth-order valence-electron chi connectivity index (χ4n) is 2.22. The van der Waals surface area contributed by atoms with E-state index in [0.717, 1.165) is 32.2 Å². The third-order valence-electron chi connectivity index (χ3n) is 3.51. The monoisotopic (exact) mass is 301 g/mol. The highest BCUT2D eigenvalue weighted by molar-refractivity contribution is 7.09. The predicted octanol–water partition coefficient (Wildman–Crippen LogP) is 4.13. The molecule has 1 aromatic heterocycles. The number of rotatable bonds is 8. The Kier molecular flexibility index (Phi) is 6.48. The highest BCUT2D eigenvalue weighted by atomic mass is 32.1. The summed E-state index contributed by atoms with van der Waals surface area (Å²) < 4.78 is 0. The lowest BCUT2D eigenvalue weighted by atomic mass is 10.1. The molecule has 0 unspecified atom stereocenters. The first-order valence-corrected chi connectivity index (χ1v) is 8.46. The van der Waals surface area contributed by atoms with Crippen LogP contribution >= 0.6 is 11.3 Å². The van der Waals surface area contributed by atoms with E-state index < -0.39 is 0 Å². The molecule has 0 fully saturated rings. The Morgan fingerprint density at radius 2 is 1.90 bits per heavy atom. The summed E-state index contributed by atoms with van der Waals surface area (Å²) in [5.74, 6) is 0.165. The molecule has 0 radical (unpaired) electrons. The van der Waals surface area contributed by atoms with Crippen molar-refractivity contribution in [3.05, 3.63) is 57.8 Å². The van der Waals surface area contributed by atoms with E-state index in [1.165, 1.54) is 16.0 Å². The second kappa shape index (κ2) is 8.63. The van der Waals surface area contributed by atoms with Crippen molar-refractivity contribution in [2.75, 3.05) is 6.54 Å². The van der Waals surface area contributed by atoms with Gasteiger partial charge in [-0.15, -0.1) is 11.3 Å². The summed E-state index contributed by atoms with van der Waals surface area (Å²) in [6, 6.07) is 12.8. The number of carbonyl (C=O) groups is 1. The molecule has 2 aromatic rings. The quantitative estimate of drug-likeness (QED) is 0.730. The normalized spacial score (nSPS) is 10.5. The van der Waals surface area contributed by atoms with Crippen molar-refractivity contribution in [2.45, 2.75) is 39.0 Å². The molecule has 0 atom stereocenters. The van der Waals surface area contributed by atoms with Crippen molar-refractivity contribution in [1.82, 2.24) is 5.32 Å². The van der Waals surface area contributed by atoms with Gasteiger partial charge in [0, 0.05) is 17.8 Å². The van der Waals surface area contributed by atoms with Crippen molar-refractivity contribution in [3.63, 3.8) is 0 Å². The number of amides is 1. The molecule has 1 aromatic carbocycles. The molecule has 0 spiro atoms. The molecule has 1 N–H and O–H groups in total. The van der Waals surface area contributed by atoms with E-state index in [9.17, 15) is 4.79 Å². The minimum Gasteiger partial charge on any atom is -0.356 e. The first-order chi connectivity index (χ1) is 10.2. The summed E-state index contributed by atoms with van der Waals surface area (Å²) in [7, 11) is 0. The molecular weight excluding hydrogens is 278 g/mol. The minimum absolute atomic E-state index is 0.165. The van der Waals surface area contributed by atoms with Crippen LogP contribution in [0.25, 0.3) is 0 Å². The summed E-state index contributed by atoms with van der Waals surface area (Å²) in [4.78, 5) is 13.0. The van der Waals surface area contributed by atoms with Crippen LogP contribution in [0, 0.1) is 6.92 Å². The molecule has 21 heavy (non-hydrogen) atoms. The van der Waals surface area contributed by atoms with Gasteiger partial charge >= 0.3 is 0 Å². The Hall–Kier alpha value is -1.61. The predicted molar refractivity (Wildman–Crippen MR) is 89.8 cm³/mol. The molecular formula is C18H23NOS. The highest BCUT2D eigenvalue weighted by Gasteiger charge is 2.02. The fourth-order valence-corrected chi connectivity index (χ4v) is 2.93. The lowest BCUT2D eigenvalue weighted by Gasteiger charge is -2.05. The highest BCUT2D eigenvalue weighted by Crippen LogP contribution is 2.10. The van der Waals surface area contributed by atoms with E-state index in [0.29, 0.717) is 6.42 Å². The maximum absolute atomic E-state index is 11.7. The van der Waals surface area contributed by atoms with Crippen LogP contribution in [0.1, 0.15) is 35.3 Å². The molecule has 0 bridgehead atoms. The number of benzene rings is 1. The van der Waals surface area contributed by atoms with E-state index in [4.69, 9.17) is 0 Å². The van der Waals surface area contributed by atoms with Crippen molar-refractivity contribution in [1.29, 1.82) is 0 Å². The average Bonchev–Trinajstić information content (AvgIpc) is 3.00. The summed E-state index contributed by atoms with van der Waals surface area (Å²) in [5, 5.41) is 5.06. The molecule has 0 aliphatic carbocycles. The van der Waals surface area contributed by atoms with Gasteiger partial charge in [-0.25, -0.2) is 0 Å². The average molecular weight is 301 g/mol. The van der Waals surface area contributed by atoms with Crippen LogP contribution < -0.4 is 5.32 Å². The van der Waals surface area contributed by atoms with Crippen LogP contribution in [0.15, 0.2) is 41.8 Å². The largest absolute Gasteiger partial charge is 0.356 e. The molecule has 0 saturated heterocycles. The van der Waals surface area contributed by atoms with E-state index in [2.05, 4.69) is 48.0 Å². The molecule has 112 valence electrons. The molecule has 2 rings (SSSR count). The fraction of sp³-hybridized carbons (Fsp3) is 0.389. The molecule has 0 aliphatic heterocycles. The Bertz CT molecular complexity index is 531.